The van der Waals surface area contributed by atoms with Gasteiger partial charge in [0.25, 0.3) is 5.91 Å². The Bertz CT molecular complexity index is 1070. The molecule has 9 nitrogen and oxygen atoms in total. The number of methoxy groups -OCH3 is 1. The number of primary amides is 1. The van der Waals surface area contributed by atoms with Crippen molar-refractivity contribution in [1.82, 2.24) is 15.1 Å². The van der Waals surface area contributed by atoms with E-state index in [4.69, 9.17) is 10.5 Å². The molecule has 2 aromatic carbocycles. The number of nitrogens with zero attached hydrogens (tertiary/aromatic N) is 2. The standard InChI is InChI=1S/C22H23FN4O5/c1-22(14-7-9-16(32-3)10-8-14)20(30)27(21(31)25-22)12-17(28)26(2)18(19(24)29)13-5-4-6-15(23)11-13/h4-11,18H,12H2,1-3H3,(H2,24,29)(H,25,31). The van der Waals surface area contributed by atoms with Crippen molar-refractivity contribution in [2.75, 3.05) is 20.7 Å². The molecule has 1 fully saturated rings. The maximum absolute atomic E-state index is 13.6. The van der Waals surface area contributed by atoms with Crippen molar-refractivity contribution in [2.45, 2.75) is 18.5 Å². The summed E-state index contributed by atoms with van der Waals surface area (Å²) < 4.78 is 18.7. The lowest BCUT2D eigenvalue weighted by molar-refractivity contribution is -0.141. The summed E-state index contributed by atoms with van der Waals surface area (Å²) in [6, 6.07) is 9.68. The van der Waals surface area contributed by atoms with Gasteiger partial charge in [-0.05, 0) is 42.3 Å². The largest absolute Gasteiger partial charge is 0.497 e. The van der Waals surface area contributed by atoms with Crippen molar-refractivity contribution in [2.24, 2.45) is 5.73 Å². The van der Waals surface area contributed by atoms with Gasteiger partial charge in [0.05, 0.1) is 7.11 Å². The van der Waals surface area contributed by atoms with Crippen molar-refractivity contribution in [1.29, 1.82) is 0 Å². The average molecular weight is 442 g/mol. The molecule has 3 N–H and O–H groups in total. The van der Waals surface area contributed by atoms with E-state index in [-0.39, 0.29) is 5.56 Å². The molecule has 3 rings (SSSR count). The number of likely N-dealkylation sites (N-methyl/N-ethyl adjacent to an activating group) is 1. The molecule has 0 spiro atoms. The van der Waals surface area contributed by atoms with Crippen LogP contribution in [0, 0.1) is 5.82 Å². The third-order valence-electron chi connectivity index (χ3n) is 5.45. The van der Waals surface area contributed by atoms with E-state index in [0.29, 0.717) is 11.3 Å². The predicted molar refractivity (Wildman–Crippen MR) is 112 cm³/mol. The summed E-state index contributed by atoms with van der Waals surface area (Å²) in [5.41, 5.74) is 4.74. The molecule has 32 heavy (non-hydrogen) atoms. The van der Waals surface area contributed by atoms with Gasteiger partial charge in [-0.25, -0.2) is 9.18 Å². The van der Waals surface area contributed by atoms with E-state index in [1.165, 1.54) is 39.3 Å². The Balaban J connectivity index is 1.81. The minimum absolute atomic E-state index is 0.175. The Morgan fingerprint density at radius 1 is 1.22 bits per heavy atom. The number of nitrogens with one attached hydrogen (secondary N) is 1. The summed E-state index contributed by atoms with van der Waals surface area (Å²) in [5.74, 6) is -2.25. The Morgan fingerprint density at radius 3 is 2.44 bits per heavy atom. The topological polar surface area (TPSA) is 122 Å². The van der Waals surface area contributed by atoms with Crippen LogP contribution in [0.15, 0.2) is 48.5 Å². The number of amides is 5. The summed E-state index contributed by atoms with van der Waals surface area (Å²) in [6.07, 6.45) is 0. The second-order valence-corrected chi connectivity index (χ2v) is 7.54. The Morgan fingerprint density at radius 2 is 1.88 bits per heavy atom. The number of carbonyl (C=O) groups is 4. The van der Waals surface area contributed by atoms with Crippen molar-refractivity contribution in [3.8, 4) is 5.75 Å². The van der Waals surface area contributed by atoms with Crippen LogP contribution < -0.4 is 15.8 Å². The Labute approximate surface area is 183 Å². The molecule has 1 heterocycles. The van der Waals surface area contributed by atoms with Crippen molar-refractivity contribution < 1.29 is 28.3 Å². The Hall–Kier alpha value is -3.95. The highest BCUT2D eigenvalue weighted by Gasteiger charge is 2.50. The van der Waals surface area contributed by atoms with Gasteiger partial charge >= 0.3 is 6.03 Å². The summed E-state index contributed by atoms with van der Waals surface area (Å²) in [5, 5.41) is 2.60. The van der Waals surface area contributed by atoms with Crippen LogP contribution >= 0.6 is 0 Å². The molecule has 168 valence electrons. The molecule has 2 aromatic rings. The van der Waals surface area contributed by atoms with Gasteiger partial charge in [0.1, 0.15) is 29.7 Å². The molecule has 2 atom stereocenters. The summed E-state index contributed by atoms with van der Waals surface area (Å²) in [4.78, 5) is 52.2. The van der Waals surface area contributed by atoms with E-state index in [2.05, 4.69) is 5.32 Å². The smallest absolute Gasteiger partial charge is 0.325 e. The summed E-state index contributed by atoms with van der Waals surface area (Å²) >= 11 is 0. The zero-order valence-corrected chi connectivity index (χ0v) is 17.8. The molecular weight excluding hydrogens is 419 g/mol. The van der Waals surface area contributed by atoms with Gasteiger partial charge in [-0.1, -0.05) is 24.3 Å². The van der Waals surface area contributed by atoms with E-state index in [1.807, 2.05) is 0 Å². The molecule has 2 unspecified atom stereocenters. The van der Waals surface area contributed by atoms with Crippen LogP contribution in [-0.2, 0) is 19.9 Å². The molecule has 5 amide bonds. The van der Waals surface area contributed by atoms with E-state index >= 15 is 0 Å². The molecule has 1 aliphatic heterocycles. The molecular formula is C22H23FN4O5. The van der Waals surface area contributed by atoms with Crippen LogP contribution in [0.1, 0.15) is 24.1 Å². The molecule has 1 aliphatic rings. The first-order chi connectivity index (χ1) is 15.1. The van der Waals surface area contributed by atoms with Crippen LogP contribution in [0.3, 0.4) is 0 Å². The van der Waals surface area contributed by atoms with E-state index < -0.39 is 47.7 Å². The zero-order valence-electron chi connectivity index (χ0n) is 17.8. The van der Waals surface area contributed by atoms with Crippen molar-refractivity contribution >= 4 is 23.8 Å². The monoisotopic (exact) mass is 442 g/mol. The first-order valence-electron chi connectivity index (χ1n) is 9.67. The highest BCUT2D eigenvalue weighted by Crippen LogP contribution is 2.30. The molecule has 1 saturated heterocycles. The number of ether oxygens (including phenoxy) is 1. The quantitative estimate of drug-likeness (QED) is 0.626. The van der Waals surface area contributed by atoms with Crippen LogP contribution in [0.2, 0.25) is 0 Å². The first kappa shape index (κ1) is 22.7. The van der Waals surface area contributed by atoms with Crippen molar-refractivity contribution in [3.63, 3.8) is 0 Å². The minimum atomic E-state index is -1.38. The number of benzene rings is 2. The molecule has 0 saturated carbocycles. The minimum Gasteiger partial charge on any atom is -0.497 e. The average Bonchev–Trinajstić information content (AvgIpc) is 2.97. The van der Waals surface area contributed by atoms with Gasteiger partial charge in [0.15, 0.2) is 0 Å². The third kappa shape index (κ3) is 4.11. The lowest BCUT2D eigenvalue weighted by Crippen LogP contribution is -2.46. The number of imide groups is 1. The lowest BCUT2D eigenvalue weighted by Gasteiger charge is -2.28. The number of carbonyl (C=O) groups excluding carboxylic acids is 4. The summed E-state index contributed by atoms with van der Waals surface area (Å²) in [7, 11) is 2.80. The fourth-order valence-corrected chi connectivity index (χ4v) is 3.61. The maximum atomic E-state index is 13.6. The maximum Gasteiger partial charge on any atom is 0.325 e. The van der Waals surface area contributed by atoms with E-state index in [1.54, 1.807) is 24.3 Å². The Kier molecular flexibility index (Phi) is 6.15. The molecule has 0 radical (unpaired) electrons. The van der Waals surface area contributed by atoms with Crippen LogP contribution in [0.4, 0.5) is 9.18 Å². The van der Waals surface area contributed by atoms with E-state index in [9.17, 15) is 23.6 Å². The number of halogens is 1. The fourth-order valence-electron chi connectivity index (χ4n) is 3.61. The highest BCUT2D eigenvalue weighted by atomic mass is 19.1. The van der Waals surface area contributed by atoms with Crippen LogP contribution in [-0.4, -0.2) is 54.3 Å². The van der Waals surface area contributed by atoms with Crippen LogP contribution in [0.5, 0.6) is 5.75 Å². The first-order valence-corrected chi connectivity index (χ1v) is 9.67. The van der Waals surface area contributed by atoms with E-state index in [0.717, 1.165) is 15.9 Å². The molecule has 0 bridgehead atoms. The second kappa shape index (κ2) is 8.66. The van der Waals surface area contributed by atoms with Gasteiger partial charge in [0.2, 0.25) is 11.8 Å². The molecule has 0 aromatic heterocycles. The highest BCUT2D eigenvalue weighted by molar-refractivity contribution is 6.09. The van der Waals surface area contributed by atoms with Crippen molar-refractivity contribution in [3.05, 3.63) is 65.5 Å². The predicted octanol–water partition coefficient (Wildman–Crippen LogP) is 1.29. The lowest BCUT2D eigenvalue weighted by atomic mass is 9.92. The number of nitrogens with two attached hydrogens (primary N) is 1. The zero-order chi connectivity index (χ0) is 23.6. The number of rotatable bonds is 7. The normalized spacial score (nSPS) is 18.8. The number of hydrogen-bond donors (Lipinski definition) is 2. The van der Waals surface area contributed by atoms with Gasteiger partial charge in [-0.15, -0.1) is 0 Å². The summed E-state index contributed by atoms with van der Waals surface area (Å²) in [6.45, 7) is 0.911. The third-order valence-corrected chi connectivity index (χ3v) is 5.45. The van der Waals surface area contributed by atoms with Gasteiger partial charge < -0.3 is 20.7 Å². The van der Waals surface area contributed by atoms with Gasteiger partial charge in [-0.2, -0.15) is 0 Å². The molecule has 0 aliphatic carbocycles. The van der Waals surface area contributed by atoms with Gasteiger partial charge in [0, 0.05) is 7.05 Å². The van der Waals surface area contributed by atoms with Crippen LogP contribution in [0.25, 0.3) is 0 Å². The van der Waals surface area contributed by atoms with Gasteiger partial charge in [-0.3, -0.25) is 19.3 Å². The fraction of sp³-hybridized carbons (Fsp3) is 0.273. The SMILES string of the molecule is COc1ccc(C2(C)NC(=O)N(CC(=O)N(C)C(C(N)=O)c3cccc(F)c3)C2=O)cc1. The number of hydrogen-bond acceptors (Lipinski definition) is 5. The number of urea groups is 1. The second-order valence-electron chi connectivity index (χ2n) is 7.54. The molecule has 10 heteroatoms.